The lowest BCUT2D eigenvalue weighted by Gasteiger charge is -2.21. The first kappa shape index (κ1) is 72.7. The summed E-state index contributed by atoms with van der Waals surface area (Å²) in [4.78, 5) is 62.2. The van der Waals surface area contributed by atoms with E-state index in [1.54, 1.807) is 42.5 Å². The average Bonchev–Trinajstić information content (AvgIpc) is 3.71. The predicted molar refractivity (Wildman–Crippen MR) is 307 cm³/mol. The van der Waals surface area contributed by atoms with Gasteiger partial charge in [-0.2, -0.15) is 9.29 Å². The summed E-state index contributed by atoms with van der Waals surface area (Å²) in [6.07, 6.45) is 31.0. The topological polar surface area (TPSA) is 326 Å². The monoisotopic (exact) mass is 1180 g/mol. The molecule has 1 aliphatic heterocycles. The lowest BCUT2D eigenvalue weighted by molar-refractivity contribution is -0.161. The number of phosphoric acid groups is 2. The maximum atomic E-state index is 13.0. The second kappa shape index (κ2) is 43.3. The number of aromatic nitrogens is 2. The highest BCUT2D eigenvalue weighted by molar-refractivity contribution is 7.61. The van der Waals surface area contributed by atoms with Crippen LogP contribution in [0.25, 0.3) is 0 Å². The molecule has 9 N–H and O–H groups in total. The number of hydrogen-bond acceptors (Lipinski definition) is 18. The summed E-state index contributed by atoms with van der Waals surface area (Å²) in [5, 5.41) is 51.7. The summed E-state index contributed by atoms with van der Waals surface area (Å²) in [6, 6.07) is 1.23. The van der Waals surface area contributed by atoms with E-state index in [0.29, 0.717) is 12.8 Å². The molecule has 11 atom stereocenters. The molecule has 0 saturated carbocycles. The van der Waals surface area contributed by atoms with Crippen molar-refractivity contribution < 1.29 is 81.6 Å². The number of unbranched alkanes of at least 4 members (excludes halogenated alkanes) is 19. The van der Waals surface area contributed by atoms with Gasteiger partial charge in [0, 0.05) is 19.0 Å². The maximum Gasteiger partial charge on any atom is 0.481 e. The molecule has 0 aromatic carbocycles. The van der Waals surface area contributed by atoms with E-state index < -0.39 is 102 Å². The van der Waals surface area contributed by atoms with Gasteiger partial charge in [0.1, 0.15) is 30.7 Å². The zero-order valence-corrected chi connectivity index (χ0v) is 49.7. The van der Waals surface area contributed by atoms with E-state index in [1.165, 1.54) is 102 Å². The zero-order valence-electron chi connectivity index (χ0n) is 47.9. The SMILES string of the molecule is CCCCC[C@@H](O)/C=C/C=C\C=C\C=C\[C@@H](O)[C@H](O)CCCC(=O)OC[C@H](COP(=O)(O)OP(=O)(O)OC[C@H]1O[C@@H](n2ccc(N)nc2=O)[C@H](O)[C@@H]1O)OC(=O)CCCCCCCCCCCCCCCCCCCCC(C)CC. The Morgan fingerprint density at radius 1 is 0.688 bits per heavy atom. The number of esters is 2. The number of allylic oxidation sites excluding steroid dienone is 6. The van der Waals surface area contributed by atoms with Gasteiger partial charge in [-0.1, -0.05) is 211 Å². The van der Waals surface area contributed by atoms with E-state index in [-0.39, 0.29) is 31.5 Å². The lowest BCUT2D eigenvalue weighted by atomic mass is 9.99. The quantitative estimate of drug-likeness (QED) is 0.0130. The van der Waals surface area contributed by atoms with Gasteiger partial charge in [-0.05, 0) is 37.7 Å². The first-order valence-electron chi connectivity index (χ1n) is 29.4. The third-order valence-electron chi connectivity index (χ3n) is 13.8. The molecule has 1 saturated heterocycles. The number of aliphatic hydroxyl groups excluding tert-OH is 5. The van der Waals surface area contributed by atoms with Crippen molar-refractivity contribution in [3.63, 3.8) is 0 Å². The molecule has 0 aliphatic carbocycles. The average molecular weight is 1180 g/mol. The number of nitrogens with zero attached hydrogens (tertiary/aromatic N) is 2. The van der Waals surface area contributed by atoms with Crippen LogP contribution in [-0.4, -0.2) is 119 Å². The van der Waals surface area contributed by atoms with Crippen LogP contribution in [0, 0.1) is 5.92 Å². The Balaban J connectivity index is 1.82. The van der Waals surface area contributed by atoms with Crippen LogP contribution >= 0.6 is 15.6 Å². The van der Waals surface area contributed by atoms with Crippen molar-refractivity contribution in [2.75, 3.05) is 25.6 Å². The van der Waals surface area contributed by atoms with E-state index >= 15 is 0 Å². The first-order chi connectivity index (χ1) is 38.3. The summed E-state index contributed by atoms with van der Waals surface area (Å²) >= 11 is 0. The highest BCUT2D eigenvalue weighted by atomic mass is 31.3. The van der Waals surface area contributed by atoms with Crippen LogP contribution in [0.4, 0.5) is 5.82 Å². The van der Waals surface area contributed by atoms with Crippen molar-refractivity contribution in [3.8, 4) is 0 Å². The normalized spacial score (nSPS) is 20.3. The van der Waals surface area contributed by atoms with Crippen molar-refractivity contribution in [2.24, 2.45) is 5.92 Å². The summed E-state index contributed by atoms with van der Waals surface area (Å²) in [6.45, 7) is 4.12. The van der Waals surface area contributed by atoms with Crippen LogP contribution in [0.15, 0.2) is 65.7 Å². The van der Waals surface area contributed by atoms with Crippen LogP contribution < -0.4 is 11.4 Å². The van der Waals surface area contributed by atoms with Gasteiger partial charge >= 0.3 is 33.3 Å². The molecule has 460 valence electrons. The Bertz CT molecular complexity index is 2110. The summed E-state index contributed by atoms with van der Waals surface area (Å²) < 4.78 is 56.7. The summed E-state index contributed by atoms with van der Waals surface area (Å²) in [5.41, 5.74) is 4.57. The van der Waals surface area contributed by atoms with Crippen LogP contribution in [-0.2, 0) is 46.3 Å². The third kappa shape index (κ3) is 34.9. The Morgan fingerprint density at radius 3 is 1.79 bits per heavy atom. The number of carbonyl (C=O) groups is 2. The van der Waals surface area contributed by atoms with Crippen molar-refractivity contribution in [1.29, 1.82) is 0 Å². The minimum atomic E-state index is -5.51. The number of phosphoric ester groups is 2. The fraction of sp³-hybridized carbons (Fsp3) is 0.754. The van der Waals surface area contributed by atoms with Gasteiger partial charge in [-0.25, -0.2) is 13.9 Å². The molecule has 3 unspecified atom stereocenters. The smallest absolute Gasteiger partial charge is 0.462 e. The Hall–Kier alpha value is -3.40. The number of carbonyl (C=O) groups excluding carboxylic acids is 2. The molecule has 0 spiro atoms. The molecule has 0 radical (unpaired) electrons. The molecule has 1 aromatic heterocycles. The van der Waals surface area contributed by atoms with Gasteiger partial charge in [0.05, 0.1) is 31.5 Å². The molecule has 80 heavy (non-hydrogen) atoms. The number of aliphatic hydroxyl groups is 5. The van der Waals surface area contributed by atoms with Gasteiger partial charge in [0.25, 0.3) is 0 Å². The fourth-order valence-corrected chi connectivity index (χ4v) is 10.8. The van der Waals surface area contributed by atoms with E-state index in [0.717, 1.165) is 68.0 Å². The largest absolute Gasteiger partial charge is 0.481 e. The standard InChI is InChI=1S/C57H99N3O18P2/c1-4-6-27-34-46(61)35-29-24-21-22-25-30-36-48(62)49(63)37-32-39-52(64)73-42-47(76-53(65)38-31-26-20-18-16-14-12-10-8-7-9-11-13-15-17-19-23-28-33-45(3)5-2)43-74-79(69,70)78-80(71,72)75-44-50-54(66)55(67)56(77-50)60-41-40-51(58)59-57(60)68/h21-22,24-25,29-30,35-36,40-41,45-50,54-56,61-63,66-67H,4-20,23,26-28,31-34,37-39,42-44H2,1-3H3,(H,69,70)(H,71,72)(H2,58,59,68)/b24-21-,25-22+,35-29+,36-30+/t45?,46-,47-,48-,49-,50-,54-,55-,56-/m1/s1. The van der Waals surface area contributed by atoms with Gasteiger partial charge in [-0.3, -0.25) is 23.2 Å². The van der Waals surface area contributed by atoms with Crippen molar-refractivity contribution >= 4 is 33.4 Å². The molecule has 0 amide bonds. The highest BCUT2D eigenvalue weighted by Crippen LogP contribution is 2.60. The van der Waals surface area contributed by atoms with Crippen molar-refractivity contribution in [3.05, 3.63) is 71.4 Å². The van der Waals surface area contributed by atoms with Gasteiger partial charge in [0.2, 0.25) is 0 Å². The molecule has 2 heterocycles. The zero-order chi connectivity index (χ0) is 59.0. The van der Waals surface area contributed by atoms with Gasteiger partial charge < -0.3 is 55.3 Å². The first-order valence-corrected chi connectivity index (χ1v) is 32.4. The highest BCUT2D eigenvalue weighted by Gasteiger charge is 2.46. The fourth-order valence-electron chi connectivity index (χ4n) is 8.73. The minimum absolute atomic E-state index is 0.0116. The summed E-state index contributed by atoms with van der Waals surface area (Å²) in [7, 11) is -11.0. The molecule has 1 aromatic rings. The van der Waals surface area contributed by atoms with Gasteiger partial charge in [-0.15, -0.1) is 0 Å². The van der Waals surface area contributed by atoms with Crippen LogP contribution in [0.1, 0.15) is 207 Å². The van der Waals surface area contributed by atoms with Crippen molar-refractivity contribution in [2.45, 2.75) is 250 Å². The number of ether oxygens (including phenoxy) is 3. The lowest BCUT2D eigenvalue weighted by Crippen LogP contribution is -2.36. The second-order valence-corrected chi connectivity index (χ2v) is 24.0. The number of hydrogen-bond donors (Lipinski definition) is 8. The Morgan fingerprint density at radius 2 is 1.21 bits per heavy atom. The number of nitrogens with two attached hydrogens (primary N) is 1. The van der Waals surface area contributed by atoms with E-state index in [9.17, 15) is 58.8 Å². The molecule has 23 heteroatoms. The molecule has 1 fully saturated rings. The van der Waals surface area contributed by atoms with Crippen LogP contribution in [0.3, 0.4) is 0 Å². The van der Waals surface area contributed by atoms with Crippen molar-refractivity contribution in [1.82, 2.24) is 9.55 Å². The Labute approximate surface area is 475 Å². The van der Waals surface area contributed by atoms with E-state index in [4.69, 9.17) is 29.0 Å². The molecule has 1 aliphatic rings. The number of rotatable bonds is 48. The molecule has 2 rings (SSSR count). The molecular formula is C57H99N3O18P2. The van der Waals surface area contributed by atoms with E-state index in [1.807, 2.05) is 0 Å². The summed E-state index contributed by atoms with van der Waals surface area (Å²) in [5.74, 6) is -0.780. The number of anilines is 1. The Kier molecular flexibility index (Phi) is 39.3. The van der Waals surface area contributed by atoms with Crippen LogP contribution in [0.5, 0.6) is 0 Å². The second-order valence-electron chi connectivity index (χ2n) is 21.0. The third-order valence-corrected chi connectivity index (χ3v) is 16.4. The number of nitrogen functional groups attached to an aromatic ring is 1. The molecular weight excluding hydrogens is 1080 g/mol. The van der Waals surface area contributed by atoms with Gasteiger partial charge in [0.15, 0.2) is 12.3 Å². The molecule has 21 nitrogen and oxygen atoms in total. The van der Waals surface area contributed by atoms with Crippen LogP contribution in [0.2, 0.25) is 0 Å². The maximum absolute atomic E-state index is 13.0. The van der Waals surface area contributed by atoms with E-state index in [2.05, 4.69) is 30.1 Å². The minimum Gasteiger partial charge on any atom is -0.462 e. The molecule has 0 bridgehead atoms. The predicted octanol–water partition coefficient (Wildman–Crippen LogP) is 10.1.